The van der Waals surface area contributed by atoms with E-state index in [4.69, 9.17) is 50.6 Å². The number of aromatic amines is 4. The molecule has 13 atom stereocenters. The third kappa shape index (κ3) is 27.2. The van der Waals surface area contributed by atoms with E-state index in [9.17, 15) is 24.0 Å². The van der Waals surface area contributed by atoms with Crippen molar-refractivity contribution < 1.29 is 57.5 Å². The molecule has 2 saturated heterocycles. The number of guanidine groups is 3. The van der Waals surface area contributed by atoms with Gasteiger partial charge in [0.1, 0.15) is 66.5 Å². The quantitative estimate of drug-likeness (QED) is 0.0144. The van der Waals surface area contributed by atoms with Crippen LogP contribution in [0.15, 0.2) is 122 Å². The molecular formula is C90H127N27O12. The predicted molar refractivity (Wildman–Crippen MR) is 491 cm³/mol. The van der Waals surface area contributed by atoms with Gasteiger partial charge < -0.3 is 128 Å². The van der Waals surface area contributed by atoms with E-state index in [1.165, 1.54) is 9.80 Å². The molecule has 0 spiro atoms. The third-order valence-electron chi connectivity index (χ3n) is 23.9. The summed E-state index contributed by atoms with van der Waals surface area (Å²) in [5.74, 6) is -10.3. The van der Waals surface area contributed by atoms with Crippen molar-refractivity contribution >= 4 is 132 Å². The van der Waals surface area contributed by atoms with Gasteiger partial charge in [-0.05, 0) is 155 Å². The van der Waals surface area contributed by atoms with E-state index >= 15 is 33.6 Å². The second-order valence-corrected chi connectivity index (χ2v) is 33.9. The molecule has 2 aliphatic heterocycles. The Kier molecular flexibility index (Phi) is 35.8. The molecule has 694 valence electrons. The van der Waals surface area contributed by atoms with Gasteiger partial charge in [0.2, 0.25) is 70.9 Å². The number of benzene rings is 4. The van der Waals surface area contributed by atoms with Crippen LogP contribution in [0, 0.1) is 28.1 Å². The summed E-state index contributed by atoms with van der Waals surface area (Å²) in [4.78, 5) is 195. The van der Waals surface area contributed by atoms with Gasteiger partial charge in [-0.15, -0.1) is 0 Å². The van der Waals surface area contributed by atoms with Crippen LogP contribution in [0.3, 0.4) is 0 Å². The van der Waals surface area contributed by atoms with Crippen LogP contribution in [-0.2, 0) is 83.2 Å². The van der Waals surface area contributed by atoms with Crippen LogP contribution in [0.1, 0.15) is 146 Å². The van der Waals surface area contributed by atoms with E-state index in [0.717, 1.165) is 21.7 Å². The van der Waals surface area contributed by atoms with Gasteiger partial charge >= 0.3 is 0 Å². The SMILES string of the molecule is CC[C@H](C)[C@H](N)C(=O)N[C@@H](CC(C)C)C(=O)N[C@@H](CCCNC(=N)N)C(=O)N[C@@H](Cc1c[nH]c2ccccc12)C(=O)N1CCC[C@H]1C(=O)N[C@@H](Cc1c[nH]c2ccccc12)C(=O)N[C@@H](Cc1c[nH]c2ccccc12)C(=O)N1CCC[C@H]1C(=O)N[C@@H](Cc1c[nH]c2ccccc12)C(=O)N[C@@H](CCCNC(=N)N)C(=O)N[C@@H](CCCNC(=N)N)C(=O)N[C@@H](CCCCN)C(N)=O. The van der Waals surface area contributed by atoms with E-state index < -0.39 is 143 Å². The fraction of sp³-hybridized carbons (Fsp3) is 0.478. The smallest absolute Gasteiger partial charge is 0.246 e. The highest BCUT2D eigenvalue weighted by Gasteiger charge is 2.44. The van der Waals surface area contributed by atoms with Crippen LogP contribution in [-0.4, -0.2) is 230 Å². The van der Waals surface area contributed by atoms with Gasteiger partial charge in [0, 0.05) is 127 Å². The number of rotatable bonds is 49. The van der Waals surface area contributed by atoms with Crippen molar-refractivity contribution in [3.63, 3.8) is 0 Å². The summed E-state index contributed by atoms with van der Waals surface area (Å²) in [6.07, 6.45) is 9.27. The summed E-state index contributed by atoms with van der Waals surface area (Å²) in [7, 11) is 0. The average Bonchev–Trinajstić information content (AvgIpc) is 1.69. The zero-order valence-corrected chi connectivity index (χ0v) is 73.6. The number of likely N-dealkylation sites (tertiary alicyclic amines) is 2. The lowest BCUT2D eigenvalue weighted by Gasteiger charge is -2.32. The molecule has 4 aromatic carbocycles. The third-order valence-corrected chi connectivity index (χ3v) is 23.9. The van der Waals surface area contributed by atoms with Gasteiger partial charge in [-0.25, -0.2) is 0 Å². The van der Waals surface area contributed by atoms with Gasteiger partial charge in [-0.3, -0.25) is 73.8 Å². The number of aromatic nitrogens is 4. The molecule has 0 saturated carbocycles. The molecule has 2 aliphatic rings. The standard InChI is InChI=1S/C90H127N27O12/c1-5-51(4)75(92)85(127)113-68(41-50(2)3)80(122)109-67(32-18-38-102-90(98)99)79(121)114-71(44-54-48-105-62-27-12-8-23-58(54)62)86(128)116-39-19-34-74(116)84(126)112-70(43-53-47-104-61-26-11-7-22-57(53)61)82(124)115-72(45-55-49-106-63-28-13-9-24-59(55)63)87(129)117-40-20-33-73(117)83(125)111-69(42-52-46-103-60-25-10-6-21-56(52)60)81(123)110-66(31-17-37-101-89(96)97)78(120)108-65(30-16-36-100-88(94)95)77(119)107-64(76(93)118)29-14-15-35-91/h6-13,21-28,46-51,64-75,103-106H,5,14-20,29-45,91-92H2,1-4H3,(H2,93,118)(H,107,119)(H,108,120)(H,109,122)(H,110,123)(H,111,125)(H,112,126)(H,113,127)(H,114,121)(H,115,124)(H4,94,95,100)(H4,96,97,101)(H4,98,99,102)/t51-,64-,65-,66-,67-,68-,69-,70-,71-,72-,73-,74-,75-/m0/s1. The Balaban J connectivity index is 0.942. The number of hydrogen-bond donors (Lipinski definition) is 25. The first kappa shape index (κ1) is 97.6. The highest BCUT2D eigenvalue weighted by atomic mass is 16.2. The number of para-hydroxylation sites is 4. The predicted octanol–water partition coefficient (Wildman–Crippen LogP) is 1.05. The van der Waals surface area contributed by atoms with Crippen LogP contribution in [0.25, 0.3) is 43.6 Å². The van der Waals surface area contributed by atoms with Crippen LogP contribution >= 0.6 is 0 Å². The second-order valence-electron chi connectivity index (χ2n) is 33.9. The molecule has 0 radical (unpaired) electrons. The van der Waals surface area contributed by atoms with Crippen molar-refractivity contribution in [1.82, 2.24) is 93.5 Å². The molecular weight excluding hydrogens is 1650 g/mol. The maximum Gasteiger partial charge on any atom is 0.246 e. The van der Waals surface area contributed by atoms with Gasteiger partial charge in [0.05, 0.1) is 6.04 Å². The molecule has 8 aromatic rings. The van der Waals surface area contributed by atoms with E-state index in [-0.39, 0.29) is 159 Å². The number of hydrogen-bond acceptors (Lipinski definition) is 17. The molecule has 6 heterocycles. The number of unbranched alkanes of at least 4 members (excludes halogenated alkanes) is 1. The minimum absolute atomic E-state index is 0.00377. The summed E-state index contributed by atoms with van der Waals surface area (Å²) in [5.41, 5.74) is 40.0. The fourth-order valence-corrected chi connectivity index (χ4v) is 16.7. The average molecular weight is 1780 g/mol. The van der Waals surface area contributed by atoms with Crippen molar-refractivity contribution in [3.8, 4) is 0 Å². The number of fused-ring (bicyclic) bond motifs is 4. The van der Waals surface area contributed by atoms with Crippen LogP contribution in [0.5, 0.6) is 0 Å². The lowest BCUT2D eigenvalue weighted by Crippen LogP contribution is -2.61. The summed E-state index contributed by atoms with van der Waals surface area (Å²) in [6.45, 7) is 8.15. The number of nitrogens with zero attached hydrogens (tertiary/aromatic N) is 2. The van der Waals surface area contributed by atoms with E-state index in [1.54, 1.807) is 30.9 Å². The van der Waals surface area contributed by atoms with E-state index in [2.05, 4.69) is 83.7 Å². The number of amides is 12. The van der Waals surface area contributed by atoms with Gasteiger partial charge in [-0.1, -0.05) is 107 Å². The van der Waals surface area contributed by atoms with Crippen molar-refractivity contribution in [2.45, 2.75) is 222 Å². The van der Waals surface area contributed by atoms with Crippen LogP contribution in [0.2, 0.25) is 0 Å². The molecule has 0 aliphatic carbocycles. The maximum atomic E-state index is 16.1. The van der Waals surface area contributed by atoms with Crippen molar-refractivity contribution in [2.24, 2.45) is 46.2 Å². The number of nitrogens with one attached hydrogen (secondary N) is 19. The zero-order chi connectivity index (χ0) is 93.0. The highest BCUT2D eigenvalue weighted by molar-refractivity contribution is 6.02. The molecule has 129 heavy (non-hydrogen) atoms. The molecule has 31 N–H and O–H groups in total. The summed E-state index contributed by atoms with van der Waals surface area (Å²) >= 11 is 0. The first-order valence-electron chi connectivity index (χ1n) is 44.4. The number of carbonyl (C=O) groups excluding carboxylic acids is 12. The molecule has 12 amide bonds. The monoisotopic (exact) mass is 1780 g/mol. The Labute approximate surface area is 747 Å². The number of carbonyl (C=O) groups is 12. The Morgan fingerprint density at radius 2 is 0.698 bits per heavy atom. The van der Waals surface area contributed by atoms with Gasteiger partial charge in [0.15, 0.2) is 17.9 Å². The van der Waals surface area contributed by atoms with E-state index in [0.29, 0.717) is 76.4 Å². The lowest BCUT2D eigenvalue weighted by molar-refractivity contribution is -0.143. The number of H-pyrrole nitrogens is 4. The fourth-order valence-electron chi connectivity index (χ4n) is 16.7. The molecule has 0 unspecified atom stereocenters. The molecule has 39 nitrogen and oxygen atoms in total. The van der Waals surface area contributed by atoms with Crippen LogP contribution in [0.4, 0.5) is 0 Å². The number of nitrogens with two attached hydrogens (primary N) is 6. The zero-order valence-electron chi connectivity index (χ0n) is 73.6. The van der Waals surface area contributed by atoms with Crippen LogP contribution < -0.4 is 98.2 Å². The highest BCUT2D eigenvalue weighted by Crippen LogP contribution is 2.29. The Bertz CT molecular complexity index is 5270. The lowest BCUT2D eigenvalue weighted by atomic mass is 9.97. The molecule has 4 aromatic heterocycles. The first-order chi connectivity index (χ1) is 61.9. The molecule has 2 fully saturated rings. The summed E-state index contributed by atoms with van der Waals surface area (Å²) in [6, 6.07) is 13.7. The number of primary amides is 1. The van der Waals surface area contributed by atoms with Crippen molar-refractivity contribution in [1.29, 1.82) is 16.2 Å². The Hall–Kier alpha value is -13.6. The topological polar surface area (TPSA) is 647 Å². The van der Waals surface area contributed by atoms with Gasteiger partial charge in [-0.2, -0.15) is 0 Å². The minimum atomic E-state index is -1.48. The first-order valence-corrected chi connectivity index (χ1v) is 44.4. The molecule has 10 rings (SSSR count). The summed E-state index contributed by atoms with van der Waals surface area (Å²) in [5, 5.41) is 60.1. The minimum Gasteiger partial charge on any atom is -0.370 e. The maximum absolute atomic E-state index is 16.1. The normalized spacial score (nSPS) is 16.4. The van der Waals surface area contributed by atoms with Crippen molar-refractivity contribution in [2.75, 3.05) is 39.3 Å². The van der Waals surface area contributed by atoms with Crippen molar-refractivity contribution in [3.05, 3.63) is 144 Å². The largest absolute Gasteiger partial charge is 0.370 e. The van der Waals surface area contributed by atoms with Gasteiger partial charge in [0.25, 0.3) is 0 Å². The molecule has 0 bridgehead atoms. The molecule has 39 heteroatoms. The Morgan fingerprint density at radius 1 is 0.395 bits per heavy atom. The Morgan fingerprint density at radius 3 is 1.02 bits per heavy atom. The van der Waals surface area contributed by atoms with E-state index in [1.807, 2.05) is 119 Å². The summed E-state index contributed by atoms with van der Waals surface area (Å²) < 4.78 is 0. The second kappa shape index (κ2) is 47.3.